The number of nitrogens with zero attached hydrogens (tertiary/aromatic N) is 1. The first-order valence-electron chi connectivity index (χ1n) is 3.70. The van der Waals surface area contributed by atoms with Gasteiger partial charge in [0.05, 0.1) is 0 Å². The third-order valence-corrected chi connectivity index (χ3v) is 2.05. The monoisotopic (exact) mass is 252 g/mol. The molecule has 1 rings (SSSR count). The first-order valence-corrected chi connectivity index (χ1v) is 4.84. The molecule has 0 atom stereocenters. The summed E-state index contributed by atoms with van der Waals surface area (Å²) in [6.07, 6.45) is 1.46. The molecule has 3 nitrogen and oxygen atoms in total. The van der Waals surface area contributed by atoms with Crippen LogP contribution in [-0.2, 0) is 8.59 Å². The highest BCUT2D eigenvalue weighted by atomic mass is 35.6. The van der Waals surface area contributed by atoms with Gasteiger partial charge in [-0.25, -0.2) is 4.98 Å². The van der Waals surface area contributed by atoms with Crippen molar-refractivity contribution in [1.82, 2.24) is 4.98 Å². The lowest BCUT2D eigenvalue weighted by molar-refractivity contribution is -0.114. The van der Waals surface area contributed by atoms with Gasteiger partial charge in [-0.1, -0.05) is 34.8 Å². The number of halogens is 3. The lowest BCUT2D eigenvalue weighted by atomic mass is 10.3. The molecule has 1 aromatic heterocycles. The molecule has 0 aliphatic heterocycles. The molecule has 0 spiro atoms. The largest absolute Gasteiger partial charge is 0.311 e. The molecule has 1 amide bonds. The van der Waals surface area contributed by atoms with Crippen molar-refractivity contribution in [3.05, 3.63) is 23.9 Å². The normalized spacial score (nSPS) is 11.1. The smallest absolute Gasteiger partial charge is 0.222 e. The summed E-state index contributed by atoms with van der Waals surface area (Å²) in [6, 6.07) is 3.08. The lowest BCUT2D eigenvalue weighted by Crippen LogP contribution is -2.09. The molecule has 0 saturated carbocycles. The zero-order valence-corrected chi connectivity index (χ0v) is 9.49. The summed E-state index contributed by atoms with van der Waals surface area (Å²) >= 11 is 17.0. The Balaban J connectivity index is 2.95. The average Bonchev–Trinajstić information content (AvgIpc) is 2.01. The molecule has 76 valence electrons. The van der Waals surface area contributed by atoms with Crippen LogP contribution in [0.15, 0.2) is 18.3 Å². The maximum absolute atomic E-state index is 10.7. The molecule has 14 heavy (non-hydrogen) atoms. The van der Waals surface area contributed by atoms with Crippen molar-refractivity contribution in [2.75, 3.05) is 5.32 Å². The molecule has 0 aromatic carbocycles. The number of nitrogens with one attached hydrogen (secondary N) is 1. The molecule has 1 aromatic rings. The van der Waals surface area contributed by atoms with Gasteiger partial charge in [0.15, 0.2) is 0 Å². The van der Waals surface area contributed by atoms with E-state index in [0.717, 1.165) is 0 Å². The van der Waals surface area contributed by atoms with E-state index in [9.17, 15) is 4.79 Å². The number of pyridine rings is 1. The topological polar surface area (TPSA) is 42.0 Å². The fraction of sp³-hybridized carbons (Fsp3) is 0.250. The van der Waals surface area contributed by atoms with E-state index in [1.54, 1.807) is 6.07 Å². The van der Waals surface area contributed by atoms with Crippen LogP contribution in [0.25, 0.3) is 0 Å². The first kappa shape index (κ1) is 11.6. The zero-order valence-electron chi connectivity index (χ0n) is 7.22. The van der Waals surface area contributed by atoms with E-state index >= 15 is 0 Å². The molecule has 1 N–H and O–H groups in total. The molecule has 0 fully saturated rings. The second-order valence-corrected chi connectivity index (χ2v) is 4.89. The molecule has 0 aliphatic rings. The number of hydrogen-bond acceptors (Lipinski definition) is 2. The Morgan fingerprint density at radius 2 is 2.14 bits per heavy atom. The van der Waals surface area contributed by atoms with Gasteiger partial charge in [-0.15, -0.1) is 0 Å². The summed E-state index contributed by atoms with van der Waals surface area (Å²) < 4.78 is -1.50. The van der Waals surface area contributed by atoms with Crippen molar-refractivity contribution >= 4 is 46.5 Å². The maximum atomic E-state index is 10.7. The highest BCUT2D eigenvalue weighted by Gasteiger charge is 2.23. The quantitative estimate of drug-likeness (QED) is 0.782. The van der Waals surface area contributed by atoms with Crippen molar-refractivity contribution in [3.63, 3.8) is 0 Å². The van der Waals surface area contributed by atoms with Gasteiger partial charge in [0, 0.05) is 18.7 Å². The van der Waals surface area contributed by atoms with Crippen LogP contribution < -0.4 is 5.32 Å². The predicted octanol–water partition coefficient (Wildman–Crippen LogP) is 2.87. The molecule has 1 heterocycles. The number of hydrogen-bond donors (Lipinski definition) is 1. The van der Waals surface area contributed by atoms with E-state index in [0.29, 0.717) is 11.4 Å². The minimum absolute atomic E-state index is 0.223. The van der Waals surface area contributed by atoms with Crippen molar-refractivity contribution in [2.45, 2.75) is 10.7 Å². The average molecular weight is 254 g/mol. The van der Waals surface area contributed by atoms with Gasteiger partial charge >= 0.3 is 0 Å². The Morgan fingerprint density at radius 1 is 1.50 bits per heavy atom. The Kier molecular flexibility index (Phi) is 3.59. The van der Waals surface area contributed by atoms with E-state index in [1.165, 1.54) is 19.2 Å². The number of carbonyl (C=O) groups excluding carboxylic acids is 1. The summed E-state index contributed by atoms with van der Waals surface area (Å²) in [5, 5.41) is 2.49. The van der Waals surface area contributed by atoms with Crippen molar-refractivity contribution in [3.8, 4) is 0 Å². The van der Waals surface area contributed by atoms with Crippen molar-refractivity contribution in [2.24, 2.45) is 0 Å². The maximum Gasteiger partial charge on any atom is 0.222 e. The molecular formula is C8H7Cl3N2O. The lowest BCUT2D eigenvalue weighted by Gasteiger charge is -2.11. The van der Waals surface area contributed by atoms with E-state index < -0.39 is 3.79 Å². The summed E-state index contributed by atoms with van der Waals surface area (Å²) in [7, 11) is 0. The van der Waals surface area contributed by atoms with Gasteiger partial charge in [-0.05, 0) is 12.1 Å². The van der Waals surface area contributed by atoms with Crippen LogP contribution >= 0.6 is 34.8 Å². The van der Waals surface area contributed by atoms with Crippen LogP contribution in [0.3, 0.4) is 0 Å². The number of rotatable bonds is 1. The van der Waals surface area contributed by atoms with Crippen LogP contribution in [-0.4, -0.2) is 10.9 Å². The Labute approximate surface area is 96.4 Å². The fourth-order valence-electron chi connectivity index (χ4n) is 0.856. The highest BCUT2D eigenvalue weighted by Crippen LogP contribution is 2.38. The van der Waals surface area contributed by atoms with Crippen LogP contribution in [0.5, 0.6) is 0 Å². The second kappa shape index (κ2) is 4.34. The van der Waals surface area contributed by atoms with E-state index in [2.05, 4.69) is 10.3 Å². The van der Waals surface area contributed by atoms with E-state index in [1.807, 2.05) is 0 Å². The minimum Gasteiger partial charge on any atom is -0.311 e. The van der Waals surface area contributed by atoms with Gasteiger partial charge in [0.25, 0.3) is 0 Å². The molecular weight excluding hydrogens is 246 g/mol. The third-order valence-electron chi connectivity index (χ3n) is 1.39. The Morgan fingerprint density at radius 3 is 2.64 bits per heavy atom. The summed E-state index contributed by atoms with van der Waals surface area (Å²) in [5.74, 6) is 0.139. The minimum atomic E-state index is -1.50. The van der Waals surface area contributed by atoms with Gasteiger partial charge < -0.3 is 5.32 Å². The second-order valence-electron chi connectivity index (χ2n) is 2.61. The summed E-state index contributed by atoms with van der Waals surface area (Å²) in [5.41, 5.74) is 0.459. The van der Waals surface area contributed by atoms with Gasteiger partial charge in [-0.2, -0.15) is 0 Å². The summed E-state index contributed by atoms with van der Waals surface area (Å²) in [6.45, 7) is 1.38. The van der Waals surface area contributed by atoms with Crippen LogP contribution in [0.2, 0.25) is 0 Å². The highest BCUT2D eigenvalue weighted by molar-refractivity contribution is 6.66. The number of aromatic nitrogens is 1. The molecule has 0 bridgehead atoms. The van der Waals surface area contributed by atoms with Gasteiger partial charge in [0.2, 0.25) is 9.70 Å². The van der Waals surface area contributed by atoms with Crippen LogP contribution in [0.4, 0.5) is 5.82 Å². The SMILES string of the molecule is CC(=O)Nc1cc(C(Cl)(Cl)Cl)ccn1. The Bertz CT molecular complexity index is 349. The fourth-order valence-corrected chi connectivity index (χ4v) is 1.21. The van der Waals surface area contributed by atoms with Crippen molar-refractivity contribution in [1.29, 1.82) is 0 Å². The number of carbonyl (C=O) groups is 1. The van der Waals surface area contributed by atoms with Gasteiger partial charge in [-0.3, -0.25) is 4.79 Å². The molecule has 0 saturated heterocycles. The van der Waals surface area contributed by atoms with Crippen molar-refractivity contribution < 1.29 is 4.79 Å². The molecule has 6 heteroatoms. The number of anilines is 1. The van der Waals surface area contributed by atoms with Crippen LogP contribution in [0.1, 0.15) is 12.5 Å². The third kappa shape index (κ3) is 3.33. The predicted molar refractivity (Wildman–Crippen MR) is 57.8 cm³/mol. The molecule has 0 aliphatic carbocycles. The number of alkyl halides is 3. The summed E-state index contributed by atoms with van der Waals surface area (Å²) in [4.78, 5) is 14.6. The molecule has 0 unspecified atom stereocenters. The van der Waals surface area contributed by atoms with E-state index in [-0.39, 0.29) is 5.91 Å². The van der Waals surface area contributed by atoms with E-state index in [4.69, 9.17) is 34.8 Å². The standard InChI is InChI=1S/C8H7Cl3N2O/c1-5(14)13-7-4-6(2-3-12-7)8(9,10)11/h2-4H,1H3,(H,12,13,14). The first-order chi connectivity index (χ1) is 6.39. The molecule has 0 radical (unpaired) electrons. The van der Waals surface area contributed by atoms with Gasteiger partial charge in [0.1, 0.15) is 5.82 Å². The number of amides is 1. The zero-order chi connectivity index (χ0) is 10.8. The van der Waals surface area contributed by atoms with Crippen LogP contribution in [0, 0.1) is 0 Å². The Hall–Kier alpha value is -0.510.